The van der Waals surface area contributed by atoms with Crippen LogP contribution in [0.4, 0.5) is 0 Å². The second-order valence-corrected chi connectivity index (χ2v) is 5.48. The SMILES string of the molecule is COc1cc(CNC(=O)c2nc(Cl)ccc2Cl)cc(OC)c1OC. The van der Waals surface area contributed by atoms with Crippen LogP contribution in [0.2, 0.25) is 10.2 Å². The zero-order valence-corrected chi connectivity index (χ0v) is 14.9. The lowest BCUT2D eigenvalue weighted by atomic mass is 10.1. The molecule has 2 aromatic rings. The van der Waals surface area contributed by atoms with Crippen molar-refractivity contribution in [2.75, 3.05) is 21.3 Å². The van der Waals surface area contributed by atoms with Gasteiger partial charge in [-0.1, -0.05) is 23.2 Å². The smallest absolute Gasteiger partial charge is 0.271 e. The van der Waals surface area contributed by atoms with Crippen molar-refractivity contribution in [2.45, 2.75) is 6.54 Å². The minimum Gasteiger partial charge on any atom is -0.493 e. The van der Waals surface area contributed by atoms with E-state index < -0.39 is 5.91 Å². The van der Waals surface area contributed by atoms with Crippen LogP contribution >= 0.6 is 23.2 Å². The number of halogens is 2. The van der Waals surface area contributed by atoms with Gasteiger partial charge in [0.15, 0.2) is 11.5 Å². The molecule has 8 heteroatoms. The Morgan fingerprint density at radius 3 is 2.25 bits per heavy atom. The summed E-state index contributed by atoms with van der Waals surface area (Å²) in [5.41, 5.74) is 0.826. The summed E-state index contributed by atoms with van der Waals surface area (Å²) in [4.78, 5) is 16.2. The molecular weight excluding hydrogens is 355 g/mol. The maximum atomic E-state index is 12.2. The monoisotopic (exact) mass is 370 g/mol. The number of methoxy groups -OCH3 is 3. The van der Waals surface area contributed by atoms with Gasteiger partial charge in [0.2, 0.25) is 5.75 Å². The molecule has 24 heavy (non-hydrogen) atoms. The van der Waals surface area contributed by atoms with Crippen molar-refractivity contribution in [1.82, 2.24) is 10.3 Å². The van der Waals surface area contributed by atoms with Crippen molar-refractivity contribution in [3.05, 3.63) is 45.7 Å². The largest absolute Gasteiger partial charge is 0.493 e. The molecule has 1 N–H and O–H groups in total. The molecule has 2 rings (SSSR count). The first-order valence-corrected chi connectivity index (χ1v) is 7.64. The van der Waals surface area contributed by atoms with E-state index in [1.165, 1.54) is 33.5 Å². The average molecular weight is 371 g/mol. The molecule has 0 spiro atoms. The van der Waals surface area contributed by atoms with Gasteiger partial charge in [-0.05, 0) is 29.8 Å². The number of nitrogens with zero attached hydrogens (tertiary/aromatic N) is 1. The molecule has 1 heterocycles. The minimum atomic E-state index is -0.434. The number of hydrogen-bond donors (Lipinski definition) is 1. The van der Waals surface area contributed by atoms with Crippen molar-refractivity contribution in [3.63, 3.8) is 0 Å². The molecule has 0 aliphatic rings. The number of rotatable bonds is 6. The number of aromatic nitrogens is 1. The van der Waals surface area contributed by atoms with Crippen molar-refractivity contribution >= 4 is 29.1 Å². The summed E-state index contributed by atoms with van der Waals surface area (Å²) in [5.74, 6) is 1.05. The van der Waals surface area contributed by atoms with Gasteiger partial charge in [-0.25, -0.2) is 4.98 Å². The lowest BCUT2D eigenvalue weighted by Crippen LogP contribution is -2.24. The molecule has 1 aromatic carbocycles. The predicted molar refractivity (Wildman–Crippen MR) is 91.5 cm³/mol. The van der Waals surface area contributed by atoms with E-state index in [0.29, 0.717) is 17.2 Å². The Bertz CT molecular complexity index is 728. The van der Waals surface area contributed by atoms with Crippen LogP contribution in [0.3, 0.4) is 0 Å². The van der Waals surface area contributed by atoms with Crippen LogP contribution in [0.1, 0.15) is 16.1 Å². The number of amides is 1. The van der Waals surface area contributed by atoms with Crippen LogP contribution in [0.15, 0.2) is 24.3 Å². The van der Waals surface area contributed by atoms with E-state index in [1.807, 2.05) is 0 Å². The summed E-state index contributed by atoms with van der Waals surface area (Å²) in [6, 6.07) is 6.52. The van der Waals surface area contributed by atoms with E-state index >= 15 is 0 Å². The molecule has 0 bridgehead atoms. The molecule has 0 saturated heterocycles. The van der Waals surface area contributed by atoms with Gasteiger partial charge in [0.05, 0.1) is 26.4 Å². The lowest BCUT2D eigenvalue weighted by molar-refractivity contribution is 0.0946. The van der Waals surface area contributed by atoms with Crippen molar-refractivity contribution < 1.29 is 19.0 Å². The topological polar surface area (TPSA) is 69.7 Å². The van der Waals surface area contributed by atoms with Gasteiger partial charge in [-0.15, -0.1) is 0 Å². The summed E-state index contributed by atoms with van der Waals surface area (Å²) in [6.07, 6.45) is 0. The van der Waals surface area contributed by atoms with Crippen LogP contribution in [-0.2, 0) is 6.54 Å². The Morgan fingerprint density at radius 2 is 1.71 bits per heavy atom. The molecule has 0 aliphatic carbocycles. The summed E-state index contributed by atoms with van der Waals surface area (Å²) < 4.78 is 15.8. The number of carbonyl (C=O) groups is 1. The van der Waals surface area contributed by atoms with E-state index in [0.717, 1.165) is 5.56 Å². The highest BCUT2D eigenvalue weighted by atomic mass is 35.5. The summed E-state index contributed by atoms with van der Waals surface area (Å²) in [7, 11) is 4.57. The Labute approximate surface area is 149 Å². The van der Waals surface area contributed by atoms with Crippen LogP contribution in [0.25, 0.3) is 0 Å². The molecule has 0 fully saturated rings. The number of carbonyl (C=O) groups excluding carboxylic acids is 1. The third-order valence-corrected chi connectivity index (χ3v) is 3.72. The Morgan fingerprint density at radius 1 is 1.08 bits per heavy atom. The van der Waals surface area contributed by atoms with Gasteiger partial charge >= 0.3 is 0 Å². The third-order valence-electron chi connectivity index (χ3n) is 3.20. The van der Waals surface area contributed by atoms with Crippen molar-refractivity contribution in [1.29, 1.82) is 0 Å². The number of hydrogen-bond acceptors (Lipinski definition) is 5. The van der Waals surface area contributed by atoms with E-state index in [2.05, 4.69) is 10.3 Å². The molecule has 128 valence electrons. The molecule has 0 saturated carbocycles. The first-order valence-electron chi connectivity index (χ1n) is 6.89. The highest BCUT2D eigenvalue weighted by molar-refractivity contribution is 6.34. The molecule has 0 aliphatic heterocycles. The van der Waals surface area contributed by atoms with E-state index in [-0.39, 0.29) is 22.4 Å². The average Bonchev–Trinajstić information content (AvgIpc) is 2.60. The summed E-state index contributed by atoms with van der Waals surface area (Å²) >= 11 is 11.8. The second kappa shape index (κ2) is 8.08. The quantitative estimate of drug-likeness (QED) is 0.789. The molecule has 0 radical (unpaired) electrons. The Balaban J connectivity index is 2.19. The fraction of sp³-hybridized carbons (Fsp3) is 0.250. The number of benzene rings is 1. The van der Waals surface area contributed by atoms with Gasteiger partial charge in [0.1, 0.15) is 10.8 Å². The minimum absolute atomic E-state index is 0.0663. The molecule has 1 amide bonds. The first kappa shape index (κ1) is 18.2. The van der Waals surface area contributed by atoms with Crippen LogP contribution < -0.4 is 19.5 Å². The zero-order valence-electron chi connectivity index (χ0n) is 13.4. The fourth-order valence-corrected chi connectivity index (χ4v) is 2.42. The molecule has 1 aromatic heterocycles. The van der Waals surface area contributed by atoms with Gasteiger partial charge in [0.25, 0.3) is 5.91 Å². The van der Waals surface area contributed by atoms with Gasteiger partial charge < -0.3 is 19.5 Å². The van der Waals surface area contributed by atoms with E-state index in [4.69, 9.17) is 37.4 Å². The van der Waals surface area contributed by atoms with E-state index in [1.54, 1.807) is 12.1 Å². The highest BCUT2D eigenvalue weighted by Gasteiger charge is 2.16. The summed E-state index contributed by atoms with van der Waals surface area (Å²) in [6.45, 7) is 0.222. The second-order valence-electron chi connectivity index (χ2n) is 4.68. The molecular formula is C16H16Cl2N2O4. The molecule has 0 atom stereocenters. The van der Waals surface area contributed by atoms with E-state index in [9.17, 15) is 4.79 Å². The van der Waals surface area contributed by atoms with Gasteiger partial charge in [-0.2, -0.15) is 0 Å². The van der Waals surface area contributed by atoms with Gasteiger partial charge in [-0.3, -0.25) is 4.79 Å². The third kappa shape index (κ3) is 4.01. The number of ether oxygens (including phenoxy) is 3. The first-order chi connectivity index (χ1) is 11.5. The predicted octanol–water partition coefficient (Wildman–Crippen LogP) is 3.34. The normalized spacial score (nSPS) is 10.2. The molecule has 6 nitrogen and oxygen atoms in total. The maximum Gasteiger partial charge on any atom is 0.271 e. The maximum absolute atomic E-state index is 12.2. The summed E-state index contributed by atoms with van der Waals surface area (Å²) in [5, 5.41) is 3.14. The lowest BCUT2D eigenvalue weighted by Gasteiger charge is -2.14. The Hall–Kier alpha value is -2.18. The van der Waals surface area contributed by atoms with Crippen molar-refractivity contribution in [2.24, 2.45) is 0 Å². The standard InChI is InChI=1S/C16H16Cl2N2O4/c1-22-11-6-9(7-12(23-2)15(11)24-3)8-19-16(21)14-10(17)4-5-13(18)20-14/h4-7H,8H2,1-3H3,(H,19,21). The van der Waals surface area contributed by atoms with Crippen molar-refractivity contribution in [3.8, 4) is 17.2 Å². The Kier molecular flexibility index (Phi) is 6.11. The van der Waals surface area contributed by atoms with Crippen LogP contribution in [-0.4, -0.2) is 32.2 Å². The van der Waals surface area contributed by atoms with Gasteiger partial charge in [0, 0.05) is 6.54 Å². The highest BCUT2D eigenvalue weighted by Crippen LogP contribution is 2.38. The number of nitrogens with one attached hydrogen (secondary N) is 1. The fourth-order valence-electron chi connectivity index (χ4n) is 2.08. The van der Waals surface area contributed by atoms with Crippen LogP contribution in [0, 0.1) is 0 Å². The zero-order chi connectivity index (χ0) is 17.7. The molecule has 0 unspecified atom stereocenters. The number of pyridine rings is 1. The van der Waals surface area contributed by atoms with Crippen LogP contribution in [0.5, 0.6) is 17.2 Å².